The summed E-state index contributed by atoms with van der Waals surface area (Å²) in [4.78, 5) is 19.7. The van der Waals surface area contributed by atoms with Crippen molar-refractivity contribution >= 4 is 28.4 Å². The number of aromatic amines is 1. The molecule has 0 radical (unpaired) electrons. The Morgan fingerprint density at radius 3 is 2.76 bits per heavy atom. The molecule has 8 heteroatoms. The summed E-state index contributed by atoms with van der Waals surface area (Å²) in [7, 11) is 0. The molecule has 0 spiro atoms. The van der Waals surface area contributed by atoms with Crippen LogP contribution in [0.25, 0.3) is 11.0 Å². The van der Waals surface area contributed by atoms with Crippen LogP contribution in [0.4, 0.5) is 13.2 Å². The summed E-state index contributed by atoms with van der Waals surface area (Å²) >= 11 is 5.93. The summed E-state index contributed by atoms with van der Waals surface area (Å²) in [6, 6.07) is 8.95. The van der Waals surface area contributed by atoms with Crippen LogP contribution in [0.3, 0.4) is 0 Å². The number of carbonyl (C=O) groups excluding carboxylic acids is 1. The predicted octanol–water partition coefficient (Wildman–Crippen LogP) is 5.44. The average Bonchev–Trinajstić information content (AvgIpc) is 3.13. The maximum atomic E-state index is 14.9. The van der Waals surface area contributed by atoms with Gasteiger partial charge in [-0.2, -0.15) is 0 Å². The molecule has 1 N–H and O–H groups in total. The van der Waals surface area contributed by atoms with Crippen LogP contribution in [-0.2, 0) is 6.61 Å². The van der Waals surface area contributed by atoms with Crippen molar-refractivity contribution < 1.29 is 22.7 Å². The molecule has 0 amide bonds. The number of nitrogens with one attached hydrogen (secondary N) is 1. The molecule has 0 aliphatic rings. The first-order valence-electron chi connectivity index (χ1n) is 8.47. The molecule has 29 heavy (non-hydrogen) atoms. The van der Waals surface area contributed by atoms with Crippen molar-refractivity contribution in [1.29, 1.82) is 0 Å². The zero-order chi connectivity index (χ0) is 20.5. The standard InChI is InChI=1S/C21H12ClF3N2O2/c22-15-8-12(23)4-3-11(15)10-29-17-6-5-16(24)18(19(17)25)20(28)14-9-27-21-13(14)2-1-7-26-21/h1-9H,10H2,(H,26,27). The monoisotopic (exact) mass is 416 g/mol. The normalized spacial score (nSPS) is 11.0. The smallest absolute Gasteiger partial charge is 0.201 e. The highest BCUT2D eigenvalue weighted by atomic mass is 35.5. The Labute approximate surface area is 167 Å². The highest BCUT2D eigenvalue weighted by Gasteiger charge is 2.25. The summed E-state index contributed by atoms with van der Waals surface area (Å²) in [5, 5.41) is 0.552. The van der Waals surface area contributed by atoms with Gasteiger partial charge in [0.1, 0.15) is 23.9 Å². The van der Waals surface area contributed by atoms with Gasteiger partial charge in [0, 0.05) is 28.9 Å². The minimum atomic E-state index is -1.13. The molecule has 0 atom stereocenters. The zero-order valence-electron chi connectivity index (χ0n) is 14.7. The van der Waals surface area contributed by atoms with Crippen LogP contribution in [0.2, 0.25) is 5.02 Å². The minimum absolute atomic E-state index is 0.0876. The van der Waals surface area contributed by atoms with Crippen molar-refractivity contribution in [3.63, 3.8) is 0 Å². The lowest BCUT2D eigenvalue weighted by atomic mass is 10.0. The Bertz CT molecular complexity index is 1240. The number of hydrogen-bond donors (Lipinski definition) is 1. The Hall–Kier alpha value is -3.32. The second-order valence-electron chi connectivity index (χ2n) is 6.19. The van der Waals surface area contributed by atoms with Gasteiger partial charge in [-0.15, -0.1) is 0 Å². The topological polar surface area (TPSA) is 55.0 Å². The van der Waals surface area contributed by atoms with Crippen LogP contribution < -0.4 is 4.74 Å². The lowest BCUT2D eigenvalue weighted by Gasteiger charge is -2.11. The minimum Gasteiger partial charge on any atom is -0.486 e. The van der Waals surface area contributed by atoms with Crippen molar-refractivity contribution in [2.75, 3.05) is 0 Å². The maximum Gasteiger partial charge on any atom is 0.201 e. The van der Waals surface area contributed by atoms with Crippen molar-refractivity contribution in [3.05, 3.63) is 94.0 Å². The van der Waals surface area contributed by atoms with E-state index in [1.165, 1.54) is 24.5 Å². The SMILES string of the molecule is O=C(c1c(F)ccc(OCc2ccc(F)cc2Cl)c1F)c1c[nH]c2ncccc12. The number of fused-ring (bicyclic) bond motifs is 1. The van der Waals surface area contributed by atoms with E-state index < -0.39 is 28.8 Å². The summed E-state index contributed by atoms with van der Waals surface area (Å²) in [6.45, 7) is -0.188. The highest BCUT2D eigenvalue weighted by Crippen LogP contribution is 2.29. The molecular formula is C21H12ClF3N2O2. The van der Waals surface area contributed by atoms with Gasteiger partial charge in [-0.25, -0.2) is 18.2 Å². The molecule has 0 bridgehead atoms. The van der Waals surface area contributed by atoms with E-state index >= 15 is 0 Å². The van der Waals surface area contributed by atoms with Gasteiger partial charge in [0.25, 0.3) is 0 Å². The van der Waals surface area contributed by atoms with Crippen LogP contribution in [0.5, 0.6) is 5.75 Å². The second kappa shape index (κ2) is 7.60. The van der Waals surface area contributed by atoms with Gasteiger partial charge in [-0.1, -0.05) is 17.7 Å². The number of rotatable bonds is 5. The van der Waals surface area contributed by atoms with Gasteiger partial charge < -0.3 is 9.72 Å². The average molecular weight is 417 g/mol. The Balaban J connectivity index is 1.67. The fourth-order valence-electron chi connectivity index (χ4n) is 2.93. The number of hydrogen-bond acceptors (Lipinski definition) is 3. The van der Waals surface area contributed by atoms with E-state index in [4.69, 9.17) is 16.3 Å². The van der Waals surface area contributed by atoms with E-state index in [-0.39, 0.29) is 22.9 Å². The first-order chi connectivity index (χ1) is 14.0. The van der Waals surface area contributed by atoms with E-state index in [0.717, 1.165) is 18.2 Å². The van der Waals surface area contributed by atoms with Crippen molar-refractivity contribution in [1.82, 2.24) is 9.97 Å². The lowest BCUT2D eigenvalue weighted by Crippen LogP contribution is -2.09. The van der Waals surface area contributed by atoms with Crippen LogP contribution in [0.15, 0.2) is 54.9 Å². The van der Waals surface area contributed by atoms with Gasteiger partial charge in [-0.05, 0) is 36.4 Å². The molecule has 4 rings (SSSR count). The molecule has 2 aromatic carbocycles. The summed E-state index contributed by atoms with van der Waals surface area (Å²) in [5.41, 5.74) is 0.185. The van der Waals surface area contributed by atoms with E-state index in [2.05, 4.69) is 9.97 Å². The van der Waals surface area contributed by atoms with E-state index in [1.54, 1.807) is 12.1 Å². The van der Waals surface area contributed by atoms with Crippen molar-refractivity contribution in [2.45, 2.75) is 6.61 Å². The van der Waals surface area contributed by atoms with Crippen molar-refractivity contribution in [2.24, 2.45) is 0 Å². The lowest BCUT2D eigenvalue weighted by molar-refractivity contribution is 0.103. The molecule has 0 saturated carbocycles. The van der Waals surface area contributed by atoms with Crippen LogP contribution >= 0.6 is 11.6 Å². The number of nitrogens with zero attached hydrogens (tertiary/aromatic N) is 1. The number of carbonyl (C=O) groups is 1. The number of ketones is 1. The van der Waals surface area contributed by atoms with Gasteiger partial charge >= 0.3 is 0 Å². The van der Waals surface area contributed by atoms with Gasteiger partial charge in [-0.3, -0.25) is 4.79 Å². The summed E-state index contributed by atoms with van der Waals surface area (Å²) in [5.74, 6) is -3.84. The molecule has 0 fully saturated rings. The Morgan fingerprint density at radius 1 is 1.14 bits per heavy atom. The third-order valence-electron chi connectivity index (χ3n) is 4.38. The quantitative estimate of drug-likeness (QED) is 0.440. The molecule has 0 aliphatic heterocycles. The Morgan fingerprint density at radius 2 is 1.97 bits per heavy atom. The maximum absolute atomic E-state index is 14.9. The molecule has 0 aliphatic carbocycles. The molecule has 146 valence electrons. The number of aromatic nitrogens is 2. The summed E-state index contributed by atoms with van der Waals surface area (Å²) in [6.07, 6.45) is 2.88. The number of ether oxygens (including phenoxy) is 1. The van der Waals surface area contributed by atoms with Gasteiger partial charge in [0.05, 0.1) is 10.6 Å². The molecule has 2 aromatic heterocycles. The second-order valence-corrected chi connectivity index (χ2v) is 6.60. The fourth-order valence-corrected chi connectivity index (χ4v) is 3.15. The largest absolute Gasteiger partial charge is 0.486 e. The molecule has 0 saturated heterocycles. The van der Waals surface area contributed by atoms with Gasteiger partial charge in [0.15, 0.2) is 11.6 Å². The van der Waals surface area contributed by atoms with Crippen molar-refractivity contribution in [3.8, 4) is 5.75 Å². The molecule has 2 heterocycles. The first-order valence-corrected chi connectivity index (χ1v) is 8.85. The molecule has 4 aromatic rings. The molecule has 4 nitrogen and oxygen atoms in total. The van der Waals surface area contributed by atoms with Crippen LogP contribution in [0.1, 0.15) is 21.5 Å². The van der Waals surface area contributed by atoms with E-state index in [1.807, 2.05) is 0 Å². The van der Waals surface area contributed by atoms with E-state index in [9.17, 15) is 18.0 Å². The fraction of sp³-hybridized carbons (Fsp3) is 0.0476. The third kappa shape index (κ3) is 3.56. The van der Waals surface area contributed by atoms with E-state index in [0.29, 0.717) is 16.6 Å². The number of benzene rings is 2. The highest BCUT2D eigenvalue weighted by molar-refractivity contribution is 6.31. The first kappa shape index (κ1) is 19.0. The third-order valence-corrected chi connectivity index (χ3v) is 4.73. The zero-order valence-corrected chi connectivity index (χ0v) is 15.4. The molecular weight excluding hydrogens is 405 g/mol. The number of halogens is 4. The predicted molar refractivity (Wildman–Crippen MR) is 102 cm³/mol. The molecule has 0 unspecified atom stereocenters. The van der Waals surface area contributed by atoms with Crippen LogP contribution in [-0.4, -0.2) is 15.8 Å². The Kier molecular flexibility index (Phi) is 4.98. The number of pyridine rings is 1. The van der Waals surface area contributed by atoms with Crippen LogP contribution in [0, 0.1) is 17.5 Å². The number of H-pyrrole nitrogens is 1. The summed E-state index contributed by atoms with van der Waals surface area (Å²) < 4.78 is 47.8. The van der Waals surface area contributed by atoms with Gasteiger partial charge in [0.2, 0.25) is 5.78 Å².